The molecule has 0 amide bonds. The van der Waals surface area contributed by atoms with Crippen molar-refractivity contribution in [3.63, 3.8) is 0 Å². The Hall–Kier alpha value is -2.23. The van der Waals surface area contributed by atoms with Gasteiger partial charge in [0.1, 0.15) is 18.2 Å². The average molecular weight is 235 g/mol. The normalized spacial score (nSPS) is 9.53. The van der Waals surface area contributed by atoms with Gasteiger partial charge >= 0.3 is 5.97 Å². The van der Waals surface area contributed by atoms with Gasteiger partial charge in [-0.15, -0.1) is 0 Å². The van der Waals surface area contributed by atoms with Crippen molar-refractivity contribution < 1.29 is 9.53 Å². The fourth-order valence-electron chi connectivity index (χ4n) is 1.21. The van der Waals surface area contributed by atoms with Crippen molar-refractivity contribution in [3.8, 4) is 6.19 Å². The number of esters is 1. The average Bonchev–Trinajstić information content (AvgIpc) is 2.24. The van der Waals surface area contributed by atoms with Crippen molar-refractivity contribution >= 4 is 11.9 Å². The molecule has 0 atom stereocenters. The second-order valence-corrected chi connectivity index (χ2v) is 3.22. The first-order chi connectivity index (χ1) is 8.06. The third-order valence-corrected chi connectivity index (χ3v) is 1.80. The molecule has 0 saturated carbocycles. The highest BCUT2D eigenvalue weighted by molar-refractivity contribution is 5.75. The first-order valence-electron chi connectivity index (χ1n) is 5.09. The lowest BCUT2D eigenvalue weighted by atomic mass is 10.5. The topological polar surface area (TPSA) is 92.0 Å². The van der Waals surface area contributed by atoms with E-state index in [1.807, 2.05) is 6.19 Å². The second-order valence-electron chi connectivity index (χ2n) is 3.22. The predicted molar refractivity (Wildman–Crippen MR) is 58.9 cm³/mol. The van der Waals surface area contributed by atoms with Gasteiger partial charge in [0.05, 0.1) is 6.61 Å². The minimum atomic E-state index is -0.496. The molecule has 17 heavy (non-hydrogen) atoms. The molecule has 0 aromatic carbocycles. The molecule has 1 heterocycles. The van der Waals surface area contributed by atoms with Gasteiger partial charge in [0.25, 0.3) is 0 Å². The number of carbonyl (C=O) groups is 1. The summed E-state index contributed by atoms with van der Waals surface area (Å²) in [5.41, 5.74) is 0. The number of aryl methyl sites for hydroxylation is 2. The number of nitrogens with zero attached hydrogens (tertiary/aromatic N) is 5. The lowest BCUT2D eigenvalue weighted by Crippen LogP contribution is -2.28. The predicted octanol–water partition coefficient (Wildman–Crippen LogP) is 0.339. The Morgan fingerprint density at radius 2 is 1.94 bits per heavy atom. The van der Waals surface area contributed by atoms with Crippen LogP contribution in [0.25, 0.3) is 0 Å². The molecule has 0 bridgehead atoms. The van der Waals surface area contributed by atoms with Crippen molar-refractivity contribution in [1.29, 1.82) is 5.26 Å². The Bertz CT molecular complexity index is 434. The molecule has 0 N–H and O–H groups in total. The molecule has 0 aliphatic rings. The van der Waals surface area contributed by atoms with E-state index in [0.717, 1.165) is 4.90 Å². The number of ether oxygens (including phenoxy) is 1. The molecule has 0 spiro atoms. The molecular formula is C10H13N5O2. The Labute approximate surface area is 99.1 Å². The molecule has 0 radical (unpaired) electrons. The van der Waals surface area contributed by atoms with E-state index in [2.05, 4.69) is 15.0 Å². The van der Waals surface area contributed by atoms with Crippen LogP contribution in [0.5, 0.6) is 0 Å². The van der Waals surface area contributed by atoms with E-state index in [9.17, 15) is 4.79 Å². The summed E-state index contributed by atoms with van der Waals surface area (Å²) < 4.78 is 4.75. The van der Waals surface area contributed by atoms with E-state index in [1.165, 1.54) is 0 Å². The summed E-state index contributed by atoms with van der Waals surface area (Å²) in [6.45, 7) is 5.16. The third kappa shape index (κ3) is 3.68. The molecule has 0 fully saturated rings. The zero-order chi connectivity index (χ0) is 12.8. The smallest absolute Gasteiger partial charge is 0.326 e. The monoisotopic (exact) mass is 235 g/mol. The largest absolute Gasteiger partial charge is 0.465 e. The van der Waals surface area contributed by atoms with Crippen molar-refractivity contribution in [3.05, 3.63) is 11.6 Å². The van der Waals surface area contributed by atoms with Gasteiger partial charge in [0.15, 0.2) is 6.19 Å². The summed E-state index contributed by atoms with van der Waals surface area (Å²) in [4.78, 5) is 24.3. The summed E-state index contributed by atoms with van der Waals surface area (Å²) in [5.74, 6) is 0.656. The highest BCUT2D eigenvalue weighted by Gasteiger charge is 2.15. The summed E-state index contributed by atoms with van der Waals surface area (Å²) >= 11 is 0. The number of carbonyl (C=O) groups excluding carboxylic acids is 1. The molecule has 0 aliphatic carbocycles. The maximum Gasteiger partial charge on any atom is 0.326 e. The molecule has 1 rings (SSSR count). The van der Waals surface area contributed by atoms with Crippen molar-refractivity contribution in [2.45, 2.75) is 20.8 Å². The van der Waals surface area contributed by atoms with Crippen LogP contribution in [-0.4, -0.2) is 34.1 Å². The van der Waals surface area contributed by atoms with E-state index >= 15 is 0 Å². The van der Waals surface area contributed by atoms with Crippen molar-refractivity contribution in [2.75, 3.05) is 18.1 Å². The Kier molecular flexibility index (Phi) is 4.34. The standard InChI is InChI=1S/C10H13N5O2/c1-4-17-9(16)5-15(6-11)10-13-7(2)12-8(3)14-10/h4-5H2,1-3H3. The van der Waals surface area contributed by atoms with Crippen LogP contribution in [0.3, 0.4) is 0 Å². The molecular weight excluding hydrogens is 222 g/mol. The zero-order valence-corrected chi connectivity index (χ0v) is 9.97. The van der Waals surface area contributed by atoms with Crippen LogP contribution >= 0.6 is 0 Å². The number of rotatable bonds is 4. The second kappa shape index (κ2) is 5.75. The zero-order valence-electron chi connectivity index (χ0n) is 9.97. The highest BCUT2D eigenvalue weighted by Crippen LogP contribution is 2.06. The molecule has 7 heteroatoms. The summed E-state index contributed by atoms with van der Waals surface area (Å²) in [6, 6.07) is 0. The molecule has 90 valence electrons. The van der Waals surface area contributed by atoms with Gasteiger partial charge in [-0.25, -0.2) is 9.88 Å². The Balaban J connectivity index is 2.87. The minimum Gasteiger partial charge on any atom is -0.465 e. The van der Waals surface area contributed by atoms with Crippen LogP contribution in [0.2, 0.25) is 0 Å². The molecule has 0 unspecified atom stereocenters. The lowest BCUT2D eigenvalue weighted by molar-refractivity contribution is -0.141. The third-order valence-electron chi connectivity index (χ3n) is 1.80. The van der Waals surface area contributed by atoms with Crippen molar-refractivity contribution in [1.82, 2.24) is 15.0 Å². The fraction of sp³-hybridized carbons (Fsp3) is 0.500. The van der Waals surface area contributed by atoms with Gasteiger partial charge in [0.2, 0.25) is 5.95 Å². The molecule has 7 nitrogen and oxygen atoms in total. The van der Waals surface area contributed by atoms with Gasteiger partial charge < -0.3 is 4.74 Å². The lowest BCUT2D eigenvalue weighted by Gasteiger charge is -2.12. The van der Waals surface area contributed by atoms with E-state index < -0.39 is 5.97 Å². The van der Waals surface area contributed by atoms with Gasteiger partial charge in [0, 0.05) is 0 Å². The van der Waals surface area contributed by atoms with E-state index in [-0.39, 0.29) is 19.1 Å². The number of hydrogen-bond acceptors (Lipinski definition) is 7. The first-order valence-corrected chi connectivity index (χ1v) is 5.09. The van der Waals surface area contributed by atoms with Crippen LogP contribution in [0.1, 0.15) is 18.6 Å². The molecule has 1 aromatic heterocycles. The van der Waals surface area contributed by atoms with Crippen LogP contribution in [0.4, 0.5) is 5.95 Å². The number of hydrogen-bond donors (Lipinski definition) is 0. The number of anilines is 1. The van der Waals surface area contributed by atoms with Gasteiger partial charge in [-0.1, -0.05) is 0 Å². The van der Waals surface area contributed by atoms with Crippen LogP contribution in [0, 0.1) is 25.3 Å². The van der Waals surface area contributed by atoms with Crippen LogP contribution in [0.15, 0.2) is 0 Å². The van der Waals surface area contributed by atoms with Gasteiger partial charge in [-0.3, -0.25) is 4.79 Å². The highest BCUT2D eigenvalue weighted by atomic mass is 16.5. The van der Waals surface area contributed by atoms with E-state index in [1.54, 1.807) is 20.8 Å². The van der Waals surface area contributed by atoms with Crippen molar-refractivity contribution in [2.24, 2.45) is 0 Å². The number of nitriles is 1. The maximum absolute atomic E-state index is 11.3. The molecule has 1 aromatic rings. The minimum absolute atomic E-state index is 0.158. The summed E-state index contributed by atoms with van der Waals surface area (Å²) in [7, 11) is 0. The quantitative estimate of drug-likeness (QED) is 0.422. The van der Waals surface area contributed by atoms with E-state index in [0.29, 0.717) is 11.6 Å². The SMILES string of the molecule is CCOC(=O)CN(C#N)c1nc(C)nc(C)n1. The number of aromatic nitrogens is 3. The molecule has 0 saturated heterocycles. The van der Waals surface area contributed by atoms with Gasteiger partial charge in [-0.2, -0.15) is 15.2 Å². The van der Waals surface area contributed by atoms with Gasteiger partial charge in [-0.05, 0) is 20.8 Å². The first kappa shape index (κ1) is 12.8. The van der Waals surface area contributed by atoms with E-state index in [4.69, 9.17) is 10.00 Å². The summed E-state index contributed by atoms with van der Waals surface area (Å²) in [5, 5.41) is 8.95. The van der Waals surface area contributed by atoms with Crippen LogP contribution < -0.4 is 4.90 Å². The fourth-order valence-corrected chi connectivity index (χ4v) is 1.21. The van der Waals surface area contributed by atoms with Crippen LogP contribution in [-0.2, 0) is 9.53 Å². The summed E-state index contributed by atoms with van der Waals surface area (Å²) in [6.07, 6.45) is 1.84. The molecule has 0 aliphatic heterocycles. The Morgan fingerprint density at radius 1 is 1.35 bits per heavy atom. The maximum atomic E-state index is 11.3. The Morgan fingerprint density at radius 3 is 2.41 bits per heavy atom.